The highest BCUT2D eigenvalue weighted by Crippen LogP contribution is 2.14. The molecular formula is C12H14BrN3O. The number of amides is 1. The Balaban J connectivity index is 2.26. The van der Waals surface area contributed by atoms with E-state index in [9.17, 15) is 4.79 Å². The van der Waals surface area contributed by atoms with Crippen LogP contribution in [-0.4, -0.2) is 15.2 Å². The third-order valence-electron chi connectivity index (χ3n) is 2.69. The lowest BCUT2D eigenvalue weighted by Gasteiger charge is -2.11. The maximum atomic E-state index is 12.1. The molecule has 4 nitrogen and oxygen atoms in total. The molecule has 0 bridgehead atoms. The molecule has 0 aromatic carbocycles. The van der Waals surface area contributed by atoms with Crippen LogP contribution in [0.5, 0.6) is 0 Å². The van der Waals surface area contributed by atoms with Crippen molar-refractivity contribution in [1.82, 2.24) is 9.24 Å². The van der Waals surface area contributed by atoms with Crippen molar-refractivity contribution in [3.05, 3.63) is 46.0 Å². The van der Waals surface area contributed by atoms with Crippen molar-refractivity contribution in [1.29, 1.82) is 0 Å². The Bertz CT molecular complexity index is 549. The van der Waals surface area contributed by atoms with Crippen LogP contribution in [-0.2, 0) is 7.05 Å². The summed E-state index contributed by atoms with van der Waals surface area (Å²) in [6.45, 7) is 3.91. The first-order valence-electron chi connectivity index (χ1n) is 5.27. The molecule has 0 saturated heterocycles. The zero-order chi connectivity index (χ0) is 12.6. The van der Waals surface area contributed by atoms with Gasteiger partial charge in [0.25, 0.3) is 5.91 Å². The Kier molecular flexibility index (Phi) is 3.11. The van der Waals surface area contributed by atoms with Gasteiger partial charge >= 0.3 is 0 Å². The third-order valence-corrected chi connectivity index (χ3v) is 3.12. The summed E-state index contributed by atoms with van der Waals surface area (Å²) in [6, 6.07) is 5.73. The maximum Gasteiger partial charge on any atom is 0.286 e. The van der Waals surface area contributed by atoms with Crippen LogP contribution in [0.15, 0.2) is 28.9 Å². The summed E-state index contributed by atoms with van der Waals surface area (Å²) in [7, 11) is 1.84. The summed E-state index contributed by atoms with van der Waals surface area (Å²) in [5, 5.41) is 0. The minimum Gasteiger partial charge on any atom is -0.345 e. The average Bonchev–Trinajstić information content (AvgIpc) is 2.74. The molecule has 17 heavy (non-hydrogen) atoms. The highest BCUT2D eigenvalue weighted by Gasteiger charge is 2.12. The highest BCUT2D eigenvalue weighted by atomic mass is 79.9. The molecule has 90 valence electrons. The average molecular weight is 296 g/mol. The zero-order valence-electron chi connectivity index (χ0n) is 9.99. The van der Waals surface area contributed by atoms with Gasteiger partial charge in [-0.2, -0.15) is 0 Å². The predicted molar refractivity (Wildman–Crippen MR) is 70.7 cm³/mol. The molecule has 2 aromatic rings. The molecule has 1 N–H and O–H groups in total. The highest BCUT2D eigenvalue weighted by molar-refractivity contribution is 9.10. The summed E-state index contributed by atoms with van der Waals surface area (Å²) < 4.78 is 4.46. The van der Waals surface area contributed by atoms with Gasteiger partial charge in [-0.15, -0.1) is 0 Å². The van der Waals surface area contributed by atoms with Crippen molar-refractivity contribution in [2.45, 2.75) is 13.8 Å². The molecule has 0 aliphatic rings. The number of hydrogen-bond acceptors (Lipinski definition) is 1. The van der Waals surface area contributed by atoms with Crippen molar-refractivity contribution in [3.8, 4) is 0 Å². The monoisotopic (exact) mass is 295 g/mol. The van der Waals surface area contributed by atoms with Gasteiger partial charge in [0.05, 0.1) is 0 Å². The van der Waals surface area contributed by atoms with Gasteiger partial charge in [-0.05, 0) is 48.0 Å². The number of hydrogen-bond donors (Lipinski definition) is 1. The molecule has 0 aliphatic carbocycles. The predicted octanol–water partition coefficient (Wildman–Crippen LogP) is 2.59. The summed E-state index contributed by atoms with van der Waals surface area (Å²) in [6.07, 6.45) is 1.85. The zero-order valence-corrected chi connectivity index (χ0v) is 11.6. The van der Waals surface area contributed by atoms with E-state index in [4.69, 9.17) is 0 Å². The Morgan fingerprint density at radius 1 is 1.29 bits per heavy atom. The topological polar surface area (TPSA) is 39.0 Å². The molecule has 0 atom stereocenters. The fourth-order valence-electron chi connectivity index (χ4n) is 1.75. The molecule has 0 spiro atoms. The molecule has 2 heterocycles. The summed E-state index contributed by atoms with van der Waals surface area (Å²) in [5.41, 5.74) is 5.49. The Morgan fingerprint density at radius 2 is 1.88 bits per heavy atom. The van der Waals surface area contributed by atoms with Crippen LogP contribution >= 0.6 is 15.9 Å². The minimum absolute atomic E-state index is 0.124. The van der Waals surface area contributed by atoms with Crippen LogP contribution in [0.25, 0.3) is 0 Å². The van der Waals surface area contributed by atoms with Crippen LogP contribution in [0.3, 0.4) is 0 Å². The van der Waals surface area contributed by atoms with E-state index < -0.39 is 0 Å². The van der Waals surface area contributed by atoms with E-state index in [-0.39, 0.29) is 5.91 Å². The number of rotatable bonds is 2. The Labute approximate surface area is 108 Å². The van der Waals surface area contributed by atoms with Gasteiger partial charge in [0.1, 0.15) is 5.69 Å². The number of aromatic nitrogens is 2. The van der Waals surface area contributed by atoms with Crippen LogP contribution in [0.4, 0.5) is 0 Å². The second kappa shape index (κ2) is 4.41. The van der Waals surface area contributed by atoms with E-state index in [1.54, 1.807) is 15.3 Å². The van der Waals surface area contributed by atoms with Crippen molar-refractivity contribution < 1.29 is 4.79 Å². The number of aryl methyl sites for hydroxylation is 3. The molecule has 0 unspecified atom stereocenters. The van der Waals surface area contributed by atoms with E-state index in [2.05, 4.69) is 21.4 Å². The van der Waals surface area contributed by atoms with Crippen molar-refractivity contribution >= 4 is 21.8 Å². The molecule has 0 aliphatic heterocycles. The minimum atomic E-state index is -0.124. The standard InChI is InChI=1S/C12H14BrN3O/c1-8-4-5-9(2)16(8)14-12(17)11-6-10(13)7-15(11)3/h4-7H,1-3H3,(H,14,17). The van der Waals surface area contributed by atoms with Crippen LogP contribution in [0, 0.1) is 13.8 Å². The number of halogens is 1. The lowest BCUT2D eigenvalue weighted by molar-refractivity contribution is 0.0999. The van der Waals surface area contributed by atoms with E-state index in [1.165, 1.54) is 0 Å². The third kappa shape index (κ3) is 2.29. The van der Waals surface area contributed by atoms with Gasteiger partial charge in [-0.3, -0.25) is 14.9 Å². The molecule has 0 saturated carbocycles. The van der Waals surface area contributed by atoms with E-state index in [0.717, 1.165) is 15.9 Å². The molecule has 1 amide bonds. The molecule has 2 rings (SSSR count). The lowest BCUT2D eigenvalue weighted by Crippen LogP contribution is -2.26. The Hall–Kier alpha value is -1.49. The number of nitrogens with zero attached hydrogens (tertiary/aromatic N) is 2. The summed E-state index contributed by atoms with van der Waals surface area (Å²) >= 11 is 3.35. The molecular weight excluding hydrogens is 282 g/mol. The summed E-state index contributed by atoms with van der Waals surface area (Å²) in [4.78, 5) is 12.1. The van der Waals surface area contributed by atoms with Gasteiger partial charge in [-0.1, -0.05) is 0 Å². The SMILES string of the molecule is Cc1ccc(C)n1NC(=O)c1cc(Br)cn1C. The summed E-state index contributed by atoms with van der Waals surface area (Å²) in [5.74, 6) is -0.124. The first-order valence-corrected chi connectivity index (χ1v) is 6.06. The number of nitrogens with one attached hydrogen (secondary N) is 1. The van der Waals surface area contributed by atoms with Gasteiger partial charge in [0, 0.05) is 29.1 Å². The van der Waals surface area contributed by atoms with Crippen molar-refractivity contribution in [3.63, 3.8) is 0 Å². The second-order valence-corrected chi connectivity index (χ2v) is 4.96. The van der Waals surface area contributed by atoms with Gasteiger partial charge in [0.15, 0.2) is 0 Å². The van der Waals surface area contributed by atoms with E-state index in [1.807, 2.05) is 39.2 Å². The van der Waals surface area contributed by atoms with Crippen LogP contribution in [0.2, 0.25) is 0 Å². The van der Waals surface area contributed by atoms with Crippen LogP contribution in [0.1, 0.15) is 21.9 Å². The first kappa shape index (κ1) is 12.0. The first-order chi connectivity index (χ1) is 7.99. The molecule has 0 radical (unpaired) electrons. The number of carbonyl (C=O) groups is 1. The molecule has 2 aromatic heterocycles. The van der Waals surface area contributed by atoms with Gasteiger partial charge < -0.3 is 4.57 Å². The van der Waals surface area contributed by atoms with Crippen molar-refractivity contribution in [2.75, 3.05) is 5.43 Å². The van der Waals surface area contributed by atoms with Crippen LogP contribution < -0.4 is 5.43 Å². The van der Waals surface area contributed by atoms with Gasteiger partial charge in [0.2, 0.25) is 0 Å². The van der Waals surface area contributed by atoms with Gasteiger partial charge in [-0.25, -0.2) is 0 Å². The largest absolute Gasteiger partial charge is 0.345 e. The smallest absolute Gasteiger partial charge is 0.286 e. The Morgan fingerprint density at radius 3 is 2.35 bits per heavy atom. The normalized spacial score (nSPS) is 10.6. The fraction of sp³-hybridized carbons (Fsp3) is 0.250. The lowest BCUT2D eigenvalue weighted by atomic mass is 10.4. The van der Waals surface area contributed by atoms with E-state index >= 15 is 0 Å². The molecule has 0 fully saturated rings. The fourth-order valence-corrected chi connectivity index (χ4v) is 2.28. The molecule has 5 heteroatoms. The van der Waals surface area contributed by atoms with E-state index in [0.29, 0.717) is 5.69 Å². The maximum absolute atomic E-state index is 12.1. The van der Waals surface area contributed by atoms with Crippen molar-refractivity contribution in [2.24, 2.45) is 7.05 Å². The quantitative estimate of drug-likeness (QED) is 0.909. The number of carbonyl (C=O) groups excluding carboxylic acids is 1. The second-order valence-electron chi connectivity index (χ2n) is 4.05.